The van der Waals surface area contributed by atoms with Gasteiger partial charge in [-0.15, -0.1) is 0 Å². The second-order valence-corrected chi connectivity index (χ2v) is 7.36. The molecule has 2 aliphatic rings. The minimum Gasteiger partial charge on any atom is -0.342 e. The van der Waals surface area contributed by atoms with Gasteiger partial charge >= 0.3 is 0 Å². The Balaban J connectivity index is 1.49. The number of nitrogens with zero attached hydrogens (tertiary/aromatic N) is 1. The first-order valence-electron chi connectivity index (χ1n) is 9.15. The summed E-state index contributed by atoms with van der Waals surface area (Å²) in [5, 5.41) is 0. The van der Waals surface area contributed by atoms with E-state index >= 15 is 0 Å². The summed E-state index contributed by atoms with van der Waals surface area (Å²) in [6.07, 6.45) is 5.47. The summed E-state index contributed by atoms with van der Waals surface area (Å²) < 4.78 is 0. The maximum atomic E-state index is 12.7. The molecule has 0 bridgehead atoms. The van der Waals surface area contributed by atoms with Gasteiger partial charge < -0.3 is 4.90 Å². The highest BCUT2D eigenvalue weighted by Gasteiger charge is 2.47. The lowest BCUT2D eigenvalue weighted by atomic mass is 9.67. The molecule has 0 spiro atoms. The van der Waals surface area contributed by atoms with Crippen molar-refractivity contribution in [2.24, 2.45) is 5.92 Å². The molecule has 0 aromatic heterocycles. The van der Waals surface area contributed by atoms with Gasteiger partial charge in [0.1, 0.15) is 0 Å². The predicted molar refractivity (Wildman–Crippen MR) is 96.8 cm³/mol. The van der Waals surface area contributed by atoms with E-state index in [4.69, 9.17) is 0 Å². The number of carbonyl (C=O) groups is 1. The van der Waals surface area contributed by atoms with E-state index in [9.17, 15) is 4.79 Å². The molecule has 2 atom stereocenters. The van der Waals surface area contributed by atoms with E-state index in [1.54, 1.807) is 0 Å². The van der Waals surface area contributed by atoms with Gasteiger partial charge in [-0.2, -0.15) is 0 Å². The van der Waals surface area contributed by atoms with E-state index in [0.717, 1.165) is 25.1 Å². The van der Waals surface area contributed by atoms with Crippen LogP contribution in [0.4, 0.5) is 0 Å². The van der Waals surface area contributed by atoms with Crippen LogP contribution in [-0.4, -0.2) is 23.9 Å². The molecule has 2 aromatic rings. The zero-order valence-electron chi connectivity index (χ0n) is 14.2. The molecule has 2 heteroatoms. The lowest BCUT2D eigenvalue weighted by Crippen LogP contribution is -2.49. The van der Waals surface area contributed by atoms with Crippen molar-refractivity contribution in [2.45, 2.75) is 37.5 Å². The first kappa shape index (κ1) is 15.4. The zero-order valence-corrected chi connectivity index (χ0v) is 14.2. The third-order valence-electron chi connectivity index (χ3n) is 6.13. The number of rotatable bonds is 3. The number of hydrogen-bond donors (Lipinski definition) is 0. The highest BCUT2D eigenvalue weighted by Crippen LogP contribution is 2.50. The summed E-state index contributed by atoms with van der Waals surface area (Å²) in [5.74, 6) is 0.906. The quantitative estimate of drug-likeness (QED) is 0.830. The van der Waals surface area contributed by atoms with Crippen molar-refractivity contribution in [3.05, 3.63) is 71.8 Å². The summed E-state index contributed by atoms with van der Waals surface area (Å²) in [6, 6.07) is 21.1. The maximum absolute atomic E-state index is 12.7. The van der Waals surface area contributed by atoms with E-state index in [-0.39, 0.29) is 5.91 Å². The topological polar surface area (TPSA) is 20.3 Å². The Morgan fingerprint density at radius 1 is 1.00 bits per heavy atom. The van der Waals surface area contributed by atoms with Crippen LogP contribution < -0.4 is 0 Å². The van der Waals surface area contributed by atoms with Crippen LogP contribution in [0.25, 0.3) is 0 Å². The standard InChI is InChI=1S/C22H25NO/c24-21(16-18-8-3-1-4-9-18)23-15-14-22(13-7-12-20(22)17-23)19-10-5-2-6-11-19/h1-6,8-11,20H,7,12-17H2. The molecule has 24 heavy (non-hydrogen) atoms. The first-order valence-corrected chi connectivity index (χ1v) is 9.15. The molecule has 0 N–H and O–H groups in total. The van der Waals surface area contributed by atoms with E-state index in [1.807, 2.05) is 30.3 Å². The molecule has 2 fully saturated rings. The fourth-order valence-electron chi connectivity index (χ4n) is 4.83. The summed E-state index contributed by atoms with van der Waals surface area (Å²) in [6.45, 7) is 1.83. The second-order valence-electron chi connectivity index (χ2n) is 7.36. The molecule has 1 aliphatic carbocycles. The molecule has 1 aliphatic heterocycles. The molecule has 0 radical (unpaired) electrons. The molecule has 2 aromatic carbocycles. The maximum Gasteiger partial charge on any atom is 0.226 e. The van der Waals surface area contributed by atoms with Crippen molar-refractivity contribution >= 4 is 5.91 Å². The number of amides is 1. The van der Waals surface area contributed by atoms with Crippen molar-refractivity contribution in [2.75, 3.05) is 13.1 Å². The van der Waals surface area contributed by atoms with Gasteiger partial charge in [0.15, 0.2) is 0 Å². The lowest BCUT2D eigenvalue weighted by Gasteiger charge is -2.45. The van der Waals surface area contributed by atoms with Gasteiger partial charge in [-0.1, -0.05) is 67.1 Å². The third kappa shape index (κ3) is 2.75. The molecule has 124 valence electrons. The van der Waals surface area contributed by atoms with Gasteiger partial charge in [0, 0.05) is 18.5 Å². The van der Waals surface area contributed by atoms with Crippen molar-refractivity contribution in [3.8, 4) is 0 Å². The van der Waals surface area contributed by atoms with Crippen LogP contribution in [0.1, 0.15) is 36.8 Å². The lowest BCUT2D eigenvalue weighted by molar-refractivity contribution is -0.133. The smallest absolute Gasteiger partial charge is 0.226 e. The highest BCUT2D eigenvalue weighted by molar-refractivity contribution is 5.79. The average molecular weight is 319 g/mol. The van der Waals surface area contributed by atoms with Crippen molar-refractivity contribution < 1.29 is 4.79 Å². The van der Waals surface area contributed by atoms with Gasteiger partial charge in [-0.05, 0) is 36.3 Å². The molecule has 1 saturated heterocycles. The summed E-state index contributed by atoms with van der Waals surface area (Å²) >= 11 is 0. The van der Waals surface area contributed by atoms with Gasteiger partial charge in [0.25, 0.3) is 0 Å². The Morgan fingerprint density at radius 2 is 1.71 bits per heavy atom. The normalized spacial score (nSPS) is 26.2. The Hall–Kier alpha value is -2.09. The Kier molecular flexibility index (Phi) is 4.13. The van der Waals surface area contributed by atoms with Gasteiger partial charge in [0.05, 0.1) is 6.42 Å². The van der Waals surface area contributed by atoms with Crippen LogP contribution in [0.15, 0.2) is 60.7 Å². The van der Waals surface area contributed by atoms with E-state index in [2.05, 4.69) is 35.2 Å². The van der Waals surface area contributed by atoms with Gasteiger partial charge in [-0.3, -0.25) is 4.79 Å². The molecule has 4 rings (SSSR count). The number of hydrogen-bond acceptors (Lipinski definition) is 1. The largest absolute Gasteiger partial charge is 0.342 e. The highest BCUT2D eigenvalue weighted by atomic mass is 16.2. The summed E-state index contributed by atoms with van der Waals surface area (Å²) in [4.78, 5) is 14.8. The fraction of sp³-hybridized carbons (Fsp3) is 0.409. The summed E-state index contributed by atoms with van der Waals surface area (Å²) in [5.41, 5.74) is 2.92. The number of piperidine rings is 1. The third-order valence-corrected chi connectivity index (χ3v) is 6.13. The number of likely N-dealkylation sites (tertiary alicyclic amines) is 1. The van der Waals surface area contributed by atoms with Gasteiger partial charge in [0.2, 0.25) is 5.91 Å². The van der Waals surface area contributed by atoms with E-state index < -0.39 is 0 Å². The molecular weight excluding hydrogens is 294 g/mol. The Labute approximate surface area is 144 Å². The average Bonchev–Trinajstić information content (AvgIpc) is 3.07. The monoisotopic (exact) mass is 319 g/mol. The van der Waals surface area contributed by atoms with Crippen LogP contribution in [0.5, 0.6) is 0 Å². The van der Waals surface area contributed by atoms with Crippen LogP contribution >= 0.6 is 0 Å². The molecule has 1 saturated carbocycles. The fourth-order valence-corrected chi connectivity index (χ4v) is 4.83. The van der Waals surface area contributed by atoms with Crippen molar-refractivity contribution in [1.29, 1.82) is 0 Å². The molecule has 1 heterocycles. The van der Waals surface area contributed by atoms with E-state index in [1.165, 1.54) is 24.8 Å². The van der Waals surface area contributed by atoms with Gasteiger partial charge in [-0.25, -0.2) is 0 Å². The first-order chi connectivity index (χ1) is 11.8. The summed E-state index contributed by atoms with van der Waals surface area (Å²) in [7, 11) is 0. The molecular formula is C22H25NO. The second kappa shape index (κ2) is 6.43. The molecule has 2 nitrogen and oxygen atoms in total. The minimum atomic E-state index is 0.287. The van der Waals surface area contributed by atoms with Crippen molar-refractivity contribution in [3.63, 3.8) is 0 Å². The van der Waals surface area contributed by atoms with Crippen molar-refractivity contribution in [1.82, 2.24) is 4.90 Å². The minimum absolute atomic E-state index is 0.287. The van der Waals surface area contributed by atoms with Crippen LogP contribution in [0.2, 0.25) is 0 Å². The zero-order chi connectivity index (χ0) is 16.4. The number of carbonyl (C=O) groups excluding carboxylic acids is 1. The van der Waals surface area contributed by atoms with Crippen LogP contribution in [-0.2, 0) is 16.6 Å². The SMILES string of the molecule is O=C(Cc1ccccc1)N1CCC2(c3ccccc3)CCCC2C1. The van der Waals surface area contributed by atoms with Crippen LogP contribution in [0.3, 0.4) is 0 Å². The van der Waals surface area contributed by atoms with Crippen LogP contribution in [0, 0.1) is 5.92 Å². The van der Waals surface area contributed by atoms with E-state index in [0.29, 0.717) is 17.8 Å². The molecule has 1 amide bonds. The number of benzene rings is 2. The molecule has 2 unspecified atom stereocenters. The predicted octanol–water partition coefficient (Wildman–Crippen LogP) is 4.20. The Morgan fingerprint density at radius 3 is 2.46 bits per heavy atom. The Bertz CT molecular complexity index is 696. The number of fused-ring (bicyclic) bond motifs is 1.